The van der Waals surface area contributed by atoms with E-state index in [1.54, 1.807) is 6.07 Å². The maximum absolute atomic E-state index is 13.6. The van der Waals surface area contributed by atoms with Crippen LogP contribution < -0.4 is 5.32 Å². The Morgan fingerprint density at radius 2 is 1.82 bits per heavy atom. The number of fused-ring (bicyclic) bond motifs is 3. The van der Waals surface area contributed by atoms with E-state index in [-0.39, 0.29) is 29.1 Å². The van der Waals surface area contributed by atoms with Crippen molar-refractivity contribution in [3.05, 3.63) is 22.2 Å². The number of benzene rings is 1. The Morgan fingerprint density at radius 1 is 1.07 bits per heavy atom. The first-order chi connectivity index (χ1) is 19.4. The van der Waals surface area contributed by atoms with Crippen molar-refractivity contribution in [2.45, 2.75) is 102 Å². The Balaban J connectivity index is 0.994. The van der Waals surface area contributed by atoms with Crippen LogP contribution in [0.3, 0.4) is 0 Å². The zero-order valence-corrected chi connectivity index (χ0v) is 23.8. The minimum atomic E-state index is -0.470. The highest BCUT2D eigenvalue weighted by atomic mass is 16.6. The summed E-state index contributed by atoms with van der Waals surface area (Å²) in [6.07, 6.45) is 13.7. The summed E-state index contributed by atoms with van der Waals surface area (Å²) in [4.78, 5) is 26.8. The highest BCUT2D eigenvalue weighted by Gasteiger charge is 2.51. The average molecular weight is 554 g/mol. The summed E-state index contributed by atoms with van der Waals surface area (Å²) in [5.74, 6) is 2.62. The van der Waals surface area contributed by atoms with E-state index < -0.39 is 4.92 Å². The monoisotopic (exact) mass is 553 g/mol. The number of anilines is 1. The van der Waals surface area contributed by atoms with E-state index in [0.29, 0.717) is 47.6 Å². The van der Waals surface area contributed by atoms with Gasteiger partial charge < -0.3 is 10.1 Å². The standard InChI is InChI=1S/C30H43N5O5/c1-18-3-7-20(8-4-18)23-17-22-11-13-25(34(22)2)27(23)30(36)39-16-15-19-5-9-21(10-6-19)31-24-12-14-26(35(37)38)29-28(24)32-40-33-29/h12,14,18-23,25,27,31H,3-11,13,15-17H2,1-2H3/t18?,19?,20?,21?,22-,23-,25?,27?/m1/s1. The van der Waals surface area contributed by atoms with Crippen LogP contribution in [-0.4, -0.2) is 57.9 Å². The summed E-state index contributed by atoms with van der Waals surface area (Å²) in [6.45, 7) is 2.88. The fraction of sp³-hybridized carbons (Fsp3) is 0.767. The molecule has 218 valence electrons. The van der Waals surface area contributed by atoms with Crippen molar-refractivity contribution in [3.63, 3.8) is 0 Å². The number of carbonyl (C=O) groups excluding carboxylic acids is 1. The van der Waals surface area contributed by atoms with Crippen molar-refractivity contribution in [1.29, 1.82) is 0 Å². The molecule has 0 amide bonds. The van der Waals surface area contributed by atoms with Crippen molar-refractivity contribution in [2.24, 2.45) is 29.6 Å². The molecule has 2 saturated carbocycles. The number of carbonyl (C=O) groups is 1. The Kier molecular flexibility index (Phi) is 7.97. The van der Waals surface area contributed by atoms with Crippen LogP contribution >= 0.6 is 0 Å². The summed E-state index contributed by atoms with van der Waals surface area (Å²) < 4.78 is 10.8. The molecule has 2 aliphatic heterocycles. The first-order valence-electron chi connectivity index (χ1n) is 15.4. The van der Waals surface area contributed by atoms with Crippen LogP contribution in [0.2, 0.25) is 0 Å². The van der Waals surface area contributed by atoms with E-state index in [4.69, 9.17) is 9.37 Å². The third kappa shape index (κ3) is 5.43. The van der Waals surface area contributed by atoms with Crippen molar-refractivity contribution < 1.29 is 19.1 Å². The summed E-state index contributed by atoms with van der Waals surface area (Å²) in [5, 5.41) is 22.4. The van der Waals surface area contributed by atoms with Gasteiger partial charge in [0.05, 0.1) is 23.1 Å². The van der Waals surface area contributed by atoms with Crippen molar-refractivity contribution in [3.8, 4) is 0 Å². The van der Waals surface area contributed by atoms with Crippen LogP contribution in [0, 0.1) is 39.7 Å². The minimum absolute atomic E-state index is 0.0339. The molecule has 2 aliphatic carbocycles. The second kappa shape index (κ2) is 11.6. The van der Waals surface area contributed by atoms with Crippen LogP contribution in [0.4, 0.5) is 11.4 Å². The first-order valence-corrected chi connectivity index (χ1v) is 15.4. The molecule has 1 aromatic heterocycles. The van der Waals surface area contributed by atoms with Gasteiger partial charge in [-0.2, -0.15) is 0 Å². The second-order valence-corrected chi connectivity index (χ2v) is 13.1. The van der Waals surface area contributed by atoms with E-state index in [0.717, 1.165) is 50.9 Å². The van der Waals surface area contributed by atoms with E-state index in [2.05, 4.69) is 34.5 Å². The number of esters is 1. The zero-order valence-electron chi connectivity index (χ0n) is 23.8. The van der Waals surface area contributed by atoms with Gasteiger partial charge in [0, 0.05) is 24.2 Å². The second-order valence-electron chi connectivity index (χ2n) is 13.1. The number of ether oxygens (including phenoxy) is 1. The van der Waals surface area contributed by atoms with Gasteiger partial charge in [0.25, 0.3) is 0 Å². The molecule has 10 heteroatoms. The molecule has 2 saturated heterocycles. The van der Waals surface area contributed by atoms with E-state index in [1.165, 1.54) is 38.2 Å². The zero-order chi connectivity index (χ0) is 27.8. The molecule has 2 bridgehead atoms. The van der Waals surface area contributed by atoms with Gasteiger partial charge in [-0.1, -0.05) is 19.8 Å². The molecule has 1 N–H and O–H groups in total. The van der Waals surface area contributed by atoms with E-state index in [9.17, 15) is 14.9 Å². The smallest absolute Gasteiger partial charge is 0.310 e. The lowest BCUT2D eigenvalue weighted by Gasteiger charge is -2.46. The van der Waals surface area contributed by atoms with Gasteiger partial charge in [0.1, 0.15) is 0 Å². The third-order valence-corrected chi connectivity index (χ3v) is 10.8. The number of hydrogen-bond donors (Lipinski definition) is 1. The number of nitrogens with zero attached hydrogens (tertiary/aromatic N) is 4. The maximum Gasteiger partial charge on any atom is 0.310 e. The lowest BCUT2D eigenvalue weighted by molar-refractivity contribution is -0.383. The molecular formula is C30H43N5O5. The van der Waals surface area contributed by atoms with Crippen molar-refractivity contribution in [1.82, 2.24) is 15.2 Å². The fourth-order valence-electron chi connectivity index (χ4n) is 8.39. The molecule has 4 fully saturated rings. The van der Waals surface area contributed by atoms with E-state index >= 15 is 0 Å². The molecule has 1 aromatic carbocycles. The topological polar surface area (TPSA) is 124 Å². The Morgan fingerprint density at radius 3 is 2.58 bits per heavy atom. The highest BCUT2D eigenvalue weighted by Crippen LogP contribution is 2.48. The number of nitrogens with one attached hydrogen (secondary N) is 1. The molecular weight excluding hydrogens is 510 g/mol. The highest BCUT2D eigenvalue weighted by molar-refractivity contribution is 5.93. The van der Waals surface area contributed by atoms with Crippen LogP contribution in [0.25, 0.3) is 11.0 Å². The molecule has 6 rings (SSSR count). The summed E-state index contributed by atoms with van der Waals surface area (Å²) in [7, 11) is 2.22. The molecule has 0 spiro atoms. The third-order valence-electron chi connectivity index (χ3n) is 10.8. The maximum atomic E-state index is 13.6. The lowest BCUT2D eigenvalue weighted by Crippen LogP contribution is -2.52. The van der Waals surface area contributed by atoms with Gasteiger partial charge >= 0.3 is 11.7 Å². The van der Waals surface area contributed by atoms with Gasteiger partial charge in [0.15, 0.2) is 5.52 Å². The van der Waals surface area contributed by atoms with Gasteiger partial charge in [-0.05, 0) is 111 Å². The van der Waals surface area contributed by atoms with Crippen LogP contribution in [-0.2, 0) is 9.53 Å². The van der Waals surface area contributed by atoms with Crippen molar-refractivity contribution in [2.75, 3.05) is 19.0 Å². The average Bonchev–Trinajstić information content (AvgIpc) is 3.52. The SMILES string of the molecule is CC1CCC([C@H]2C[C@H]3CCC(C2C(=O)OCCC2CCC(Nc4ccc([N+](=O)[O-])c5nonc45)CC2)N3C)CC1. The predicted octanol–water partition coefficient (Wildman–Crippen LogP) is 5.96. The Hall–Kier alpha value is -2.75. The summed E-state index contributed by atoms with van der Waals surface area (Å²) in [5.41, 5.74) is 1.18. The molecule has 2 aromatic rings. The summed E-state index contributed by atoms with van der Waals surface area (Å²) >= 11 is 0. The van der Waals surface area contributed by atoms with Gasteiger partial charge in [-0.3, -0.25) is 19.8 Å². The van der Waals surface area contributed by atoms with Gasteiger partial charge in [0.2, 0.25) is 5.52 Å². The molecule has 10 nitrogen and oxygen atoms in total. The summed E-state index contributed by atoms with van der Waals surface area (Å²) in [6, 6.07) is 4.39. The Labute approximate surface area is 235 Å². The fourth-order valence-corrected chi connectivity index (χ4v) is 8.39. The van der Waals surface area contributed by atoms with E-state index in [1.807, 2.05) is 0 Å². The first kappa shape index (κ1) is 27.4. The number of piperidine rings is 1. The minimum Gasteiger partial charge on any atom is -0.465 e. The Bertz CT molecular complexity index is 1200. The normalized spacial score (nSPS) is 34.5. The lowest BCUT2D eigenvalue weighted by atomic mass is 9.67. The molecule has 4 aliphatic rings. The van der Waals surface area contributed by atoms with Crippen LogP contribution in [0.5, 0.6) is 0 Å². The van der Waals surface area contributed by atoms with Crippen molar-refractivity contribution >= 4 is 28.4 Å². The largest absolute Gasteiger partial charge is 0.465 e. The molecule has 40 heavy (non-hydrogen) atoms. The quantitative estimate of drug-likeness (QED) is 0.239. The number of nitro benzene ring substituents is 1. The number of nitro groups is 1. The molecule has 3 heterocycles. The number of aromatic nitrogens is 2. The van der Waals surface area contributed by atoms with Gasteiger partial charge in [-0.15, -0.1) is 0 Å². The van der Waals surface area contributed by atoms with Crippen LogP contribution in [0.1, 0.15) is 84.0 Å². The predicted molar refractivity (Wildman–Crippen MR) is 151 cm³/mol. The number of non-ortho nitro benzene ring substituents is 1. The molecule has 4 atom stereocenters. The van der Waals surface area contributed by atoms with Crippen LogP contribution in [0.15, 0.2) is 16.8 Å². The van der Waals surface area contributed by atoms with Gasteiger partial charge in [-0.25, -0.2) is 4.63 Å². The number of hydrogen-bond acceptors (Lipinski definition) is 9. The number of rotatable bonds is 8. The molecule has 0 radical (unpaired) electrons. The molecule has 2 unspecified atom stereocenters.